The van der Waals surface area contributed by atoms with E-state index in [4.69, 9.17) is 0 Å². The van der Waals surface area contributed by atoms with Crippen LogP contribution in [0.3, 0.4) is 0 Å². The molecule has 10 heteroatoms. The number of halogens is 1. The van der Waals surface area contributed by atoms with Gasteiger partial charge >= 0.3 is 0 Å². The van der Waals surface area contributed by atoms with Crippen molar-refractivity contribution in [3.05, 3.63) is 64.0 Å². The summed E-state index contributed by atoms with van der Waals surface area (Å²) in [4.78, 5) is 12.7. The van der Waals surface area contributed by atoms with Crippen LogP contribution in [0.5, 0.6) is 0 Å². The van der Waals surface area contributed by atoms with Crippen molar-refractivity contribution in [2.24, 2.45) is 0 Å². The van der Waals surface area contributed by atoms with E-state index in [0.717, 1.165) is 6.07 Å². The number of sulfonamides is 1. The lowest BCUT2D eigenvalue weighted by molar-refractivity contribution is -0.384. The summed E-state index contributed by atoms with van der Waals surface area (Å²) in [5.74, 6) is -0.402. The van der Waals surface area contributed by atoms with Gasteiger partial charge in [0.1, 0.15) is 11.5 Å². The Bertz CT molecular complexity index is 1030. The summed E-state index contributed by atoms with van der Waals surface area (Å²) < 4.78 is 40.1. The Morgan fingerprint density at radius 3 is 2.40 bits per heavy atom. The van der Waals surface area contributed by atoms with Crippen molar-refractivity contribution < 1.29 is 22.8 Å². The number of hydrogen-bond donors (Lipinski definition) is 1. The van der Waals surface area contributed by atoms with Crippen LogP contribution >= 0.6 is 0 Å². The quantitative estimate of drug-likeness (QED) is 0.527. The summed E-state index contributed by atoms with van der Waals surface area (Å²) in [5.41, 5.74) is 0.566. The third kappa shape index (κ3) is 4.16. The van der Waals surface area contributed by atoms with Gasteiger partial charge in [0.25, 0.3) is 5.69 Å². The minimum atomic E-state index is -3.86. The first-order chi connectivity index (χ1) is 14.2. The summed E-state index contributed by atoms with van der Waals surface area (Å²) in [7, 11) is -3.86. The van der Waals surface area contributed by atoms with Gasteiger partial charge in [-0.1, -0.05) is 26.0 Å². The fraction of sp³-hybridized carbons (Fsp3) is 0.400. The fourth-order valence-electron chi connectivity index (χ4n) is 3.85. The Balaban J connectivity index is 2.06. The standard InChI is InChI=1S/C20H24FN3O5S/c1-3-22(4-2)30(28,29)17-9-10-18(20(12-17)24(26)27)23-13-16(25)11-19(23)14-5-7-15(21)8-6-14/h5-10,12,16,19,25H,3-4,11,13H2,1-2H3/t16-,19-/m1/s1. The maximum absolute atomic E-state index is 13.3. The van der Waals surface area contributed by atoms with Gasteiger partial charge in [-0.3, -0.25) is 10.1 Å². The number of anilines is 1. The highest BCUT2D eigenvalue weighted by molar-refractivity contribution is 7.89. The highest BCUT2D eigenvalue weighted by Gasteiger charge is 2.36. The number of nitro benzene ring substituents is 1. The molecule has 0 aliphatic carbocycles. The molecule has 1 heterocycles. The van der Waals surface area contributed by atoms with Crippen molar-refractivity contribution >= 4 is 21.4 Å². The van der Waals surface area contributed by atoms with Crippen LogP contribution in [0.25, 0.3) is 0 Å². The molecular weight excluding hydrogens is 413 g/mol. The van der Waals surface area contributed by atoms with Crippen LogP contribution in [0.4, 0.5) is 15.8 Å². The number of benzene rings is 2. The molecule has 2 aromatic rings. The molecule has 0 radical (unpaired) electrons. The van der Waals surface area contributed by atoms with E-state index in [9.17, 15) is 28.0 Å². The second kappa shape index (κ2) is 8.66. The van der Waals surface area contributed by atoms with Gasteiger partial charge in [0.15, 0.2) is 0 Å². The molecule has 3 rings (SSSR count). The number of nitro groups is 1. The molecule has 1 fully saturated rings. The van der Waals surface area contributed by atoms with Gasteiger partial charge in [0.2, 0.25) is 10.0 Å². The van der Waals surface area contributed by atoms with Gasteiger partial charge in [-0.05, 0) is 36.2 Å². The molecular formula is C20H24FN3O5S. The molecule has 0 unspecified atom stereocenters. The van der Waals surface area contributed by atoms with Crippen LogP contribution < -0.4 is 4.90 Å². The molecule has 1 aliphatic rings. The second-order valence-electron chi connectivity index (χ2n) is 7.11. The third-order valence-corrected chi connectivity index (χ3v) is 7.38. The normalized spacial score (nSPS) is 19.4. The van der Waals surface area contributed by atoms with Gasteiger partial charge in [-0.2, -0.15) is 4.31 Å². The zero-order chi connectivity index (χ0) is 22.1. The minimum absolute atomic E-state index is 0.144. The zero-order valence-electron chi connectivity index (χ0n) is 16.7. The van der Waals surface area contributed by atoms with E-state index in [1.807, 2.05) is 0 Å². The molecule has 8 nitrogen and oxygen atoms in total. The lowest BCUT2D eigenvalue weighted by Crippen LogP contribution is -2.31. The first kappa shape index (κ1) is 22.1. The molecule has 0 bridgehead atoms. The molecule has 0 aromatic heterocycles. The predicted octanol–water partition coefficient (Wildman–Crippen LogP) is 3.08. The average molecular weight is 437 g/mol. The van der Waals surface area contributed by atoms with Gasteiger partial charge < -0.3 is 10.0 Å². The smallest absolute Gasteiger partial charge is 0.293 e. The summed E-state index contributed by atoms with van der Waals surface area (Å²) >= 11 is 0. The van der Waals surface area contributed by atoms with Crippen molar-refractivity contribution in [3.63, 3.8) is 0 Å². The van der Waals surface area contributed by atoms with Crippen LogP contribution in [0, 0.1) is 15.9 Å². The van der Waals surface area contributed by atoms with Crippen LogP contribution in [0.15, 0.2) is 47.4 Å². The van der Waals surface area contributed by atoms with E-state index in [-0.39, 0.29) is 35.9 Å². The first-order valence-electron chi connectivity index (χ1n) is 9.67. The predicted molar refractivity (Wildman–Crippen MR) is 110 cm³/mol. The molecule has 0 amide bonds. The monoisotopic (exact) mass is 437 g/mol. The lowest BCUT2D eigenvalue weighted by Gasteiger charge is -2.27. The maximum atomic E-state index is 13.3. The van der Waals surface area contributed by atoms with Crippen molar-refractivity contribution in [1.82, 2.24) is 4.31 Å². The Hall–Kier alpha value is -2.56. The van der Waals surface area contributed by atoms with Crippen molar-refractivity contribution in [2.75, 3.05) is 24.5 Å². The summed E-state index contributed by atoms with van der Waals surface area (Å²) in [6.45, 7) is 4.04. The maximum Gasteiger partial charge on any atom is 0.293 e. The second-order valence-corrected chi connectivity index (χ2v) is 9.04. The van der Waals surface area contributed by atoms with Gasteiger partial charge in [0, 0.05) is 25.7 Å². The van der Waals surface area contributed by atoms with Crippen molar-refractivity contribution in [2.45, 2.75) is 37.3 Å². The number of hydrogen-bond acceptors (Lipinski definition) is 6. The molecule has 2 atom stereocenters. The number of aliphatic hydroxyl groups excluding tert-OH is 1. The van der Waals surface area contributed by atoms with Gasteiger partial charge in [-0.25, -0.2) is 12.8 Å². The van der Waals surface area contributed by atoms with Crippen molar-refractivity contribution in [1.29, 1.82) is 0 Å². The molecule has 162 valence electrons. The first-order valence-corrected chi connectivity index (χ1v) is 11.1. The Labute approximate surface area is 174 Å². The Morgan fingerprint density at radius 1 is 1.20 bits per heavy atom. The molecule has 0 saturated carbocycles. The highest BCUT2D eigenvalue weighted by Crippen LogP contribution is 2.41. The molecule has 1 saturated heterocycles. The third-order valence-electron chi connectivity index (χ3n) is 5.33. The average Bonchev–Trinajstić information content (AvgIpc) is 3.10. The molecule has 2 aromatic carbocycles. The van der Waals surface area contributed by atoms with Crippen molar-refractivity contribution in [3.8, 4) is 0 Å². The van der Waals surface area contributed by atoms with E-state index < -0.39 is 32.9 Å². The fourth-order valence-corrected chi connectivity index (χ4v) is 5.32. The topological polar surface area (TPSA) is 104 Å². The van der Waals surface area contributed by atoms with E-state index in [2.05, 4.69) is 0 Å². The lowest BCUT2D eigenvalue weighted by atomic mass is 10.0. The molecule has 0 spiro atoms. The van der Waals surface area contributed by atoms with Crippen LogP contribution in [-0.4, -0.2) is 48.5 Å². The summed E-state index contributed by atoms with van der Waals surface area (Å²) in [5, 5.41) is 22.0. The summed E-state index contributed by atoms with van der Waals surface area (Å²) in [6.07, 6.45) is -0.402. The Morgan fingerprint density at radius 2 is 1.83 bits per heavy atom. The number of rotatable bonds is 7. The van der Waals surface area contributed by atoms with E-state index >= 15 is 0 Å². The van der Waals surface area contributed by atoms with E-state index in [1.54, 1.807) is 30.9 Å². The van der Waals surface area contributed by atoms with Crippen LogP contribution in [0.2, 0.25) is 0 Å². The highest BCUT2D eigenvalue weighted by atomic mass is 32.2. The molecule has 30 heavy (non-hydrogen) atoms. The number of nitrogens with zero attached hydrogens (tertiary/aromatic N) is 3. The largest absolute Gasteiger partial charge is 0.391 e. The molecule has 1 aliphatic heterocycles. The van der Waals surface area contributed by atoms with Crippen LogP contribution in [-0.2, 0) is 10.0 Å². The summed E-state index contributed by atoms with van der Waals surface area (Å²) in [6, 6.07) is 9.18. The van der Waals surface area contributed by atoms with E-state index in [1.165, 1.54) is 28.6 Å². The van der Waals surface area contributed by atoms with Gasteiger partial charge in [-0.15, -0.1) is 0 Å². The minimum Gasteiger partial charge on any atom is -0.391 e. The Kier molecular flexibility index (Phi) is 6.39. The number of aliphatic hydroxyl groups is 1. The number of β-amino-alcohol motifs (C(OH)–C–C–N with tert-alkyl or cyclic N) is 1. The molecule has 1 N–H and O–H groups in total. The zero-order valence-corrected chi connectivity index (χ0v) is 17.5. The van der Waals surface area contributed by atoms with E-state index in [0.29, 0.717) is 12.0 Å². The SMILES string of the molecule is CCN(CC)S(=O)(=O)c1ccc(N2C[C@H](O)C[C@@H]2c2ccc(F)cc2)c([N+](=O)[O-])c1. The van der Waals surface area contributed by atoms with Gasteiger partial charge in [0.05, 0.1) is 22.0 Å². The van der Waals surface area contributed by atoms with Crippen LogP contribution in [0.1, 0.15) is 31.9 Å².